The summed E-state index contributed by atoms with van der Waals surface area (Å²) in [5.74, 6) is -0.431. The predicted octanol–water partition coefficient (Wildman–Crippen LogP) is 1.00. The molecule has 1 spiro atoms. The van der Waals surface area contributed by atoms with E-state index in [4.69, 9.17) is 4.74 Å². The van der Waals surface area contributed by atoms with Crippen LogP contribution in [0.15, 0.2) is 18.3 Å². The number of piperidine rings is 1. The number of rotatable bonds is 2. The van der Waals surface area contributed by atoms with Crippen LogP contribution in [0.3, 0.4) is 0 Å². The molecule has 2 aliphatic rings. The number of amides is 2. The van der Waals surface area contributed by atoms with Gasteiger partial charge in [-0.1, -0.05) is 0 Å². The number of carbonyl (C=O) groups is 2. The molecule has 1 aromatic heterocycles. The van der Waals surface area contributed by atoms with Crippen molar-refractivity contribution in [2.24, 2.45) is 0 Å². The maximum absolute atomic E-state index is 12.9. The van der Waals surface area contributed by atoms with Crippen molar-refractivity contribution in [2.75, 3.05) is 26.7 Å². The van der Waals surface area contributed by atoms with Gasteiger partial charge in [0.1, 0.15) is 12.4 Å². The Labute approximate surface area is 140 Å². The van der Waals surface area contributed by atoms with Crippen molar-refractivity contribution >= 4 is 11.8 Å². The van der Waals surface area contributed by atoms with Crippen LogP contribution in [0.1, 0.15) is 25.5 Å². The standard InChI is InChI=1S/C17H22FN3O3/c1-12-17(24-11-16(23)20(12)2)5-7-21(8-6-17)15(22)9-14-4-3-13(18)10-19-14/h3-4,10,12H,5-9,11H2,1-2H3. The van der Waals surface area contributed by atoms with Crippen LogP contribution in [-0.4, -0.2) is 65.0 Å². The minimum atomic E-state index is -0.409. The summed E-state index contributed by atoms with van der Waals surface area (Å²) in [6.07, 6.45) is 2.70. The van der Waals surface area contributed by atoms with Gasteiger partial charge in [-0.25, -0.2) is 4.39 Å². The van der Waals surface area contributed by atoms with E-state index in [9.17, 15) is 14.0 Å². The molecule has 1 aromatic rings. The van der Waals surface area contributed by atoms with Crippen molar-refractivity contribution in [1.82, 2.24) is 14.8 Å². The van der Waals surface area contributed by atoms with Crippen LogP contribution >= 0.6 is 0 Å². The van der Waals surface area contributed by atoms with Crippen molar-refractivity contribution in [2.45, 2.75) is 37.8 Å². The first kappa shape index (κ1) is 16.8. The quantitative estimate of drug-likeness (QED) is 0.809. The second-order valence-electron chi connectivity index (χ2n) is 6.56. The lowest BCUT2D eigenvalue weighted by Gasteiger charge is -2.50. The molecule has 2 aliphatic heterocycles. The highest BCUT2D eigenvalue weighted by molar-refractivity contribution is 5.79. The molecule has 7 heteroatoms. The van der Waals surface area contributed by atoms with Crippen LogP contribution in [0.25, 0.3) is 0 Å². The van der Waals surface area contributed by atoms with Crippen molar-refractivity contribution in [3.8, 4) is 0 Å². The highest BCUT2D eigenvalue weighted by Gasteiger charge is 2.47. The van der Waals surface area contributed by atoms with Gasteiger partial charge < -0.3 is 14.5 Å². The van der Waals surface area contributed by atoms with Gasteiger partial charge in [0.15, 0.2) is 0 Å². The second kappa shape index (κ2) is 6.47. The second-order valence-corrected chi connectivity index (χ2v) is 6.56. The molecule has 24 heavy (non-hydrogen) atoms. The summed E-state index contributed by atoms with van der Waals surface area (Å²) in [5, 5.41) is 0. The number of hydrogen-bond acceptors (Lipinski definition) is 4. The zero-order valence-electron chi connectivity index (χ0n) is 14.0. The SMILES string of the molecule is CC1N(C)C(=O)COC12CCN(C(=O)Cc1ccc(F)cn1)CC2. The van der Waals surface area contributed by atoms with Gasteiger partial charge in [0.25, 0.3) is 0 Å². The summed E-state index contributed by atoms with van der Waals surface area (Å²) in [6, 6.07) is 2.84. The fraction of sp³-hybridized carbons (Fsp3) is 0.588. The fourth-order valence-corrected chi connectivity index (χ4v) is 3.47. The molecule has 1 unspecified atom stereocenters. The van der Waals surface area contributed by atoms with E-state index in [1.165, 1.54) is 12.1 Å². The smallest absolute Gasteiger partial charge is 0.248 e. The molecule has 6 nitrogen and oxygen atoms in total. The minimum absolute atomic E-state index is 0.00485. The minimum Gasteiger partial charge on any atom is -0.363 e. The van der Waals surface area contributed by atoms with Gasteiger partial charge in [0, 0.05) is 25.8 Å². The van der Waals surface area contributed by atoms with Crippen LogP contribution in [0.4, 0.5) is 4.39 Å². The summed E-state index contributed by atoms with van der Waals surface area (Å²) in [5.41, 5.74) is 0.197. The molecule has 3 heterocycles. The van der Waals surface area contributed by atoms with E-state index in [0.29, 0.717) is 31.6 Å². The summed E-state index contributed by atoms with van der Waals surface area (Å²) >= 11 is 0. The normalized spacial score (nSPS) is 23.6. The van der Waals surface area contributed by atoms with Crippen LogP contribution in [-0.2, 0) is 20.7 Å². The van der Waals surface area contributed by atoms with E-state index in [1.54, 1.807) is 16.8 Å². The Morgan fingerprint density at radius 1 is 1.42 bits per heavy atom. The zero-order valence-corrected chi connectivity index (χ0v) is 14.0. The number of likely N-dealkylation sites (tertiary alicyclic amines) is 1. The number of halogens is 1. The van der Waals surface area contributed by atoms with Gasteiger partial charge in [0.2, 0.25) is 11.8 Å². The summed E-state index contributed by atoms with van der Waals surface area (Å²) in [6.45, 7) is 3.28. The van der Waals surface area contributed by atoms with Gasteiger partial charge >= 0.3 is 0 Å². The van der Waals surface area contributed by atoms with Gasteiger partial charge in [-0.15, -0.1) is 0 Å². The largest absolute Gasteiger partial charge is 0.363 e. The molecule has 2 saturated heterocycles. The number of carbonyl (C=O) groups excluding carboxylic acids is 2. The first-order valence-electron chi connectivity index (χ1n) is 8.19. The van der Waals surface area contributed by atoms with E-state index in [-0.39, 0.29) is 36.5 Å². The highest BCUT2D eigenvalue weighted by Crippen LogP contribution is 2.35. The third-order valence-corrected chi connectivity index (χ3v) is 5.30. The number of hydrogen-bond donors (Lipinski definition) is 0. The maximum Gasteiger partial charge on any atom is 0.248 e. The van der Waals surface area contributed by atoms with Crippen molar-refractivity contribution in [3.63, 3.8) is 0 Å². The molecule has 130 valence electrons. The molecule has 0 N–H and O–H groups in total. The monoisotopic (exact) mass is 335 g/mol. The third-order valence-electron chi connectivity index (χ3n) is 5.30. The molecule has 0 bridgehead atoms. The third kappa shape index (κ3) is 3.13. The lowest BCUT2D eigenvalue weighted by atomic mass is 9.82. The molecule has 2 amide bonds. The van der Waals surface area contributed by atoms with Gasteiger partial charge in [0.05, 0.1) is 24.3 Å². The Hall–Kier alpha value is -2.02. The van der Waals surface area contributed by atoms with Crippen molar-refractivity contribution in [3.05, 3.63) is 29.8 Å². The average Bonchev–Trinajstić information content (AvgIpc) is 2.59. The van der Waals surface area contributed by atoms with Crippen molar-refractivity contribution in [1.29, 1.82) is 0 Å². The Balaban J connectivity index is 1.59. The molecule has 2 fully saturated rings. The molecule has 0 aliphatic carbocycles. The molecule has 3 rings (SSSR count). The lowest BCUT2D eigenvalue weighted by Crippen LogP contribution is -2.63. The Kier molecular flexibility index (Phi) is 4.54. The fourth-order valence-electron chi connectivity index (χ4n) is 3.47. The number of aromatic nitrogens is 1. The Bertz CT molecular complexity index is 626. The predicted molar refractivity (Wildman–Crippen MR) is 84.6 cm³/mol. The molecule has 1 atom stereocenters. The topological polar surface area (TPSA) is 62.7 Å². The highest BCUT2D eigenvalue weighted by atomic mass is 19.1. The summed E-state index contributed by atoms with van der Waals surface area (Å²) < 4.78 is 18.8. The Morgan fingerprint density at radius 2 is 2.12 bits per heavy atom. The first-order chi connectivity index (χ1) is 11.4. The summed E-state index contributed by atoms with van der Waals surface area (Å²) in [7, 11) is 1.80. The number of ether oxygens (including phenoxy) is 1. The molecule has 0 radical (unpaired) electrons. The van der Waals surface area contributed by atoms with E-state index >= 15 is 0 Å². The number of morpholine rings is 1. The molecule has 0 saturated carbocycles. The number of likely N-dealkylation sites (N-methyl/N-ethyl adjacent to an activating group) is 1. The van der Waals surface area contributed by atoms with Crippen LogP contribution in [0, 0.1) is 5.82 Å². The Morgan fingerprint density at radius 3 is 2.75 bits per heavy atom. The summed E-state index contributed by atoms with van der Waals surface area (Å²) in [4.78, 5) is 31.6. The molecular formula is C17H22FN3O3. The van der Waals surface area contributed by atoms with Crippen LogP contribution in [0.5, 0.6) is 0 Å². The first-order valence-corrected chi connectivity index (χ1v) is 8.19. The number of nitrogens with zero attached hydrogens (tertiary/aromatic N) is 3. The molecule has 0 aromatic carbocycles. The van der Waals surface area contributed by atoms with Crippen LogP contribution in [0.2, 0.25) is 0 Å². The van der Waals surface area contributed by atoms with E-state index in [0.717, 1.165) is 6.20 Å². The van der Waals surface area contributed by atoms with Gasteiger partial charge in [-0.3, -0.25) is 14.6 Å². The average molecular weight is 335 g/mol. The van der Waals surface area contributed by atoms with Gasteiger partial charge in [-0.05, 0) is 31.9 Å². The van der Waals surface area contributed by atoms with E-state index < -0.39 is 5.82 Å². The maximum atomic E-state index is 12.9. The van der Waals surface area contributed by atoms with Gasteiger partial charge in [-0.2, -0.15) is 0 Å². The lowest BCUT2D eigenvalue weighted by molar-refractivity contribution is -0.184. The molecular weight excluding hydrogens is 313 g/mol. The van der Waals surface area contributed by atoms with E-state index in [1.807, 2.05) is 6.92 Å². The van der Waals surface area contributed by atoms with Crippen molar-refractivity contribution < 1.29 is 18.7 Å². The van der Waals surface area contributed by atoms with Crippen LogP contribution < -0.4 is 0 Å². The zero-order chi connectivity index (χ0) is 17.3. The van der Waals surface area contributed by atoms with E-state index in [2.05, 4.69) is 4.98 Å². The number of pyridine rings is 1.